The van der Waals surface area contributed by atoms with Crippen molar-refractivity contribution in [3.05, 3.63) is 63.6 Å². The van der Waals surface area contributed by atoms with Crippen molar-refractivity contribution in [3.63, 3.8) is 0 Å². The number of para-hydroxylation sites is 1. The van der Waals surface area contributed by atoms with Gasteiger partial charge in [0, 0.05) is 12.6 Å². The van der Waals surface area contributed by atoms with Gasteiger partial charge in [-0.2, -0.15) is 0 Å². The first-order valence-corrected chi connectivity index (χ1v) is 15.0. The molecule has 0 fully saturated rings. The van der Waals surface area contributed by atoms with Crippen LogP contribution in [0.5, 0.6) is 0 Å². The average Bonchev–Trinajstić information content (AvgIpc) is 2.83. The number of nitrogens with zero attached hydrogens (tertiary/aromatic N) is 2. The lowest BCUT2D eigenvalue weighted by Gasteiger charge is -2.34. The maximum atomic E-state index is 13.9. The third-order valence-corrected chi connectivity index (χ3v) is 8.10. The Kier molecular flexibility index (Phi) is 11.3. The summed E-state index contributed by atoms with van der Waals surface area (Å²) in [5, 5.41) is 3.65. The minimum Gasteiger partial charge on any atom is -0.352 e. The standard InChI is InChI=1S/C27H37Cl2N3O4S/c1-7-19(5)30-27(34)24(8-2)31(16-20-13-14-22(28)23(29)15-20)26(33)17-32(37(6,35)36)25-12-10-9-11-21(25)18(3)4/h9-15,18-19,24H,7-8,16-17H2,1-6H3,(H,30,34)/t19-,24-/m0/s1. The van der Waals surface area contributed by atoms with Crippen molar-refractivity contribution in [1.29, 1.82) is 0 Å². The number of halogens is 2. The molecule has 2 amide bonds. The lowest BCUT2D eigenvalue weighted by Crippen LogP contribution is -2.53. The van der Waals surface area contributed by atoms with Crippen LogP contribution in [0.2, 0.25) is 10.0 Å². The number of hydrogen-bond donors (Lipinski definition) is 1. The van der Waals surface area contributed by atoms with Crippen LogP contribution in [0, 0.1) is 0 Å². The van der Waals surface area contributed by atoms with E-state index in [2.05, 4.69) is 5.32 Å². The van der Waals surface area contributed by atoms with Crippen molar-refractivity contribution in [2.24, 2.45) is 0 Å². The molecule has 0 heterocycles. The molecular weight excluding hydrogens is 533 g/mol. The van der Waals surface area contributed by atoms with Crippen molar-refractivity contribution >= 4 is 50.7 Å². The number of benzene rings is 2. The van der Waals surface area contributed by atoms with Crippen LogP contribution in [0.4, 0.5) is 5.69 Å². The molecule has 0 aliphatic carbocycles. The molecule has 2 atom stereocenters. The van der Waals surface area contributed by atoms with Gasteiger partial charge in [0.1, 0.15) is 12.6 Å². The van der Waals surface area contributed by atoms with Crippen molar-refractivity contribution in [3.8, 4) is 0 Å². The van der Waals surface area contributed by atoms with E-state index in [1.807, 2.05) is 46.8 Å². The van der Waals surface area contributed by atoms with Gasteiger partial charge < -0.3 is 10.2 Å². The fourth-order valence-corrected chi connectivity index (χ4v) is 5.18. The first kappa shape index (κ1) is 30.9. The lowest BCUT2D eigenvalue weighted by molar-refractivity contribution is -0.140. The Labute approximate surface area is 231 Å². The van der Waals surface area contributed by atoms with Gasteiger partial charge >= 0.3 is 0 Å². The topological polar surface area (TPSA) is 86.8 Å². The number of carbonyl (C=O) groups is 2. The molecule has 0 spiro atoms. The Balaban J connectivity index is 2.53. The predicted octanol–water partition coefficient (Wildman–Crippen LogP) is 5.60. The second-order valence-electron chi connectivity index (χ2n) is 9.50. The fourth-order valence-electron chi connectivity index (χ4n) is 3.99. The van der Waals surface area contributed by atoms with Gasteiger partial charge in [0.15, 0.2) is 0 Å². The van der Waals surface area contributed by atoms with E-state index < -0.39 is 28.5 Å². The zero-order valence-electron chi connectivity index (χ0n) is 22.3. The van der Waals surface area contributed by atoms with E-state index in [4.69, 9.17) is 23.2 Å². The summed E-state index contributed by atoms with van der Waals surface area (Å²) < 4.78 is 26.9. The summed E-state index contributed by atoms with van der Waals surface area (Å²) in [6.07, 6.45) is 2.15. The van der Waals surface area contributed by atoms with Gasteiger partial charge in [-0.1, -0.05) is 75.2 Å². The first-order chi connectivity index (χ1) is 17.3. The van der Waals surface area contributed by atoms with Gasteiger partial charge in [0.05, 0.1) is 22.0 Å². The number of nitrogens with one attached hydrogen (secondary N) is 1. The molecule has 37 heavy (non-hydrogen) atoms. The van der Waals surface area contributed by atoms with Gasteiger partial charge in [-0.3, -0.25) is 13.9 Å². The second-order valence-corrected chi connectivity index (χ2v) is 12.2. The normalized spacial score (nSPS) is 13.2. The number of carbonyl (C=O) groups excluding carboxylic acids is 2. The molecule has 2 aromatic carbocycles. The fraction of sp³-hybridized carbons (Fsp3) is 0.481. The van der Waals surface area contributed by atoms with Crippen molar-refractivity contribution in [2.45, 2.75) is 72.0 Å². The molecule has 7 nitrogen and oxygen atoms in total. The quantitative estimate of drug-likeness (QED) is 0.360. The Morgan fingerprint density at radius 2 is 1.62 bits per heavy atom. The van der Waals surface area contributed by atoms with E-state index >= 15 is 0 Å². The van der Waals surface area contributed by atoms with Crippen molar-refractivity contribution in [1.82, 2.24) is 10.2 Å². The minimum atomic E-state index is -3.82. The summed E-state index contributed by atoms with van der Waals surface area (Å²) >= 11 is 12.3. The van der Waals surface area contributed by atoms with E-state index in [1.165, 1.54) is 4.90 Å². The summed E-state index contributed by atoms with van der Waals surface area (Å²) in [5.41, 5.74) is 1.92. The molecule has 10 heteroatoms. The molecule has 0 saturated heterocycles. The summed E-state index contributed by atoms with van der Waals surface area (Å²) in [6.45, 7) is 9.21. The van der Waals surface area contributed by atoms with Crippen molar-refractivity contribution in [2.75, 3.05) is 17.1 Å². The van der Waals surface area contributed by atoms with Crippen LogP contribution in [-0.2, 0) is 26.2 Å². The van der Waals surface area contributed by atoms with E-state index in [0.29, 0.717) is 27.7 Å². The zero-order valence-corrected chi connectivity index (χ0v) is 24.6. The molecule has 0 aliphatic heterocycles. The number of sulfonamides is 1. The zero-order chi connectivity index (χ0) is 27.9. The molecular formula is C27H37Cl2N3O4S. The third-order valence-electron chi connectivity index (χ3n) is 6.23. The van der Waals surface area contributed by atoms with Gasteiger partial charge in [-0.25, -0.2) is 8.42 Å². The summed E-state index contributed by atoms with van der Waals surface area (Å²) in [7, 11) is -3.82. The van der Waals surface area contributed by atoms with E-state index in [9.17, 15) is 18.0 Å². The van der Waals surface area contributed by atoms with E-state index in [-0.39, 0.29) is 24.4 Å². The van der Waals surface area contributed by atoms with Crippen LogP contribution in [0.25, 0.3) is 0 Å². The SMILES string of the molecule is CC[C@H](C)NC(=O)[C@H](CC)N(Cc1ccc(Cl)c(Cl)c1)C(=O)CN(c1ccccc1C(C)C)S(C)(=O)=O. The number of amides is 2. The predicted molar refractivity (Wildman–Crippen MR) is 152 cm³/mol. The highest BCUT2D eigenvalue weighted by Crippen LogP contribution is 2.30. The number of hydrogen-bond acceptors (Lipinski definition) is 4. The molecule has 2 rings (SSSR count). The summed E-state index contributed by atoms with van der Waals surface area (Å²) in [4.78, 5) is 28.5. The van der Waals surface area contributed by atoms with E-state index in [1.54, 1.807) is 30.3 Å². The molecule has 204 valence electrons. The highest BCUT2D eigenvalue weighted by atomic mass is 35.5. The van der Waals surface area contributed by atoms with Crippen LogP contribution < -0.4 is 9.62 Å². The van der Waals surface area contributed by atoms with Crippen molar-refractivity contribution < 1.29 is 18.0 Å². The Morgan fingerprint density at radius 3 is 2.16 bits per heavy atom. The Hall–Kier alpha value is -2.29. The van der Waals surface area contributed by atoms with Crippen LogP contribution in [-0.4, -0.2) is 50.0 Å². The molecule has 0 radical (unpaired) electrons. The smallest absolute Gasteiger partial charge is 0.244 e. The van der Waals surface area contributed by atoms with Crippen LogP contribution in [0.3, 0.4) is 0 Å². The van der Waals surface area contributed by atoms with Crippen LogP contribution >= 0.6 is 23.2 Å². The van der Waals surface area contributed by atoms with Gasteiger partial charge in [0.2, 0.25) is 21.8 Å². The molecule has 2 aromatic rings. The molecule has 0 bridgehead atoms. The number of rotatable bonds is 12. The lowest BCUT2D eigenvalue weighted by atomic mass is 10.0. The first-order valence-electron chi connectivity index (χ1n) is 12.4. The largest absolute Gasteiger partial charge is 0.352 e. The van der Waals surface area contributed by atoms with Crippen LogP contribution in [0.15, 0.2) is 42.5 Å². The Morgan fingerprint density at radius 1 is 0.973 bits per heavy atom. The highest BCUT2D eigenvalue weighted by Gasteiger charge is 2.33. The monoisotopic (exact) mass is 569 g/mol. The van der Waals surface area contributed by atoms with E-state index in [0.717, 1.165) is 22.5 Å². The summed E-state index contributed by atoms with van der Waals surface area (Å²) in [6, 6.07) is 11.2. The third kappa shape index (κ3) is 8.35. The van der Waals surface area contributed by atoms with Gasteiger partial charge in [-0.05, 0) is 55.0 Å². The molecule has 0 aromatic heterocycles. The molecule has 0 unspecified atom stereocenters. The molecule has 0 saturated carbocycles. The average molecular weight is 571 g/mol. The maximum Gasteiger partial charge on any atom is 0.244 e. The highest BCUT2D eigenvalue weighted by molar-refractivity contribution is 7.92. The maximum absolute atomic E-state index is 13.9. The van der Waals surface area contributed by atoms with Gasteiger partial charge in [0.25, 0.3) is 0 Å². The van der Waals surface area contributed by atoms with Gasteiger partial charge in [-0.15, -0.1) is 0 Å². The summed E-state index contributed by atoms with van der Waals surface area (Å²) in [5.74, 6) is -0.757. The molecule has 0 aliphatic rings. The second kappa shape index (κ2) is 13.5. The molecule has 1 N–H and O–H groups in total. The Bertz CT molecular complexity index is 1200. The van der Waals surface area contributed by atoms with Crippen LogP contribution in [0.1, 0.15) is 64.5 Å². The number of anilines is 1. The minimum absolute atomic E-state index is 0.0348.